The fourth-order valence-corrected chi connectivity index (χ4v) is 4.75. The van der Waals surface area contributed by atoms with Gasteiger partial charge in [0.1, 0.15) is 5.70 Å². The monoisotopic (exact) mass is 569 g/mol. The molecular weight excluding hydrogens is 542 g/mol. The minimum atomic E-state index is -0.492. The summed E-state index contributed by atoms with van der Waals surface area (Å²) in [7, 11) is 0. The summed E-state index contributed by atoms with van der Waals surface area (Å²) in [5.74, 6) is -0.807. The van der Waals surface area contributed by atoms with Gasteiger partial charge in [-0.05, 0) is 79.1 Å². The van der Waals surface area contributed by atoms with Crippen LogP contribution in [-0.2, 0) is 9.59 Å². The molecule has 0 fully saturated rings. The number of nitrogens with one attached hydrogen (secondary N) is 3. The molecule has 0 unspecified atom stereocenters. The number of para-hydroxylation sites is 1. The second-order valence-corrected chi connectivity index (χ2v) is 10.5. The molecule has 4 rings (SSSR count). The van der Waals surface area contributed by atoms with Crippen LogP contribution in [0.4, 0.5) is 11.4 Å². The third-order valence-electron chi connectivity index (χ3n) is 5.92. The summed E-state index contributed by atoms with van der Waals surface area (Å²) in [6, 6.07) is 28.7. The van der Waals surface area contributed by atoms with Crippen molar-refractivity contribution in [2.45, 2.75) is 18.7 Å². The van der Waals surface area contributed by atoms with Crippen molar-refractivity contribution in [1.29, 1.82) is 0 Å². The second-order valence-electron chi connectivity index (χ2n) is 9.02. The maximum atomic E-state index is 13.3. The van der Waals surface area contributed by atoms with E-state index in [4.69, 9.17) is 11.6 Å². The van der Waals surface area contributed by atoms with Gasteiger partial charge in [-0.15, -0.1) is 11.8 Å². The van der Waals surface area contributed by atoms with Crippen molar-refractivity contribution in [1.82, 2.24) is 5.32 Å². The van der Waals surface area contributed by atoms with Crippen LogP contribution in [0.3, 0.4) is 0 Å². The molecule has 0 aliphatic heterocycles. The Bertz CT molecular complexity index is 1530. The molecule has 3 N–H and O–H groups in total. The summed E-state index contributed by atoms with van der Waals surface area (Å²) in [6.45, 7) is 3.92. The van der Waals surface area contributed by atoms with E-state index in [1.807, 2.05) is 44.2 Å². The lowest BCUT2D eigenvalue weighted by molar-refractivity contribution is -0.114. The first-order chi connectivity index (χ1) is 19.3. The van der Waals surface area contributed by atoms with Crippen LogP contribution in [0.2, 0.25) is 5.02 Å². The molecule has 0 spiro atoms. The molecular formula is C32H28ClN3O3S. The highest BCUT2D eigenvalue weighted by Crippen LogP contribution is 2.24. The standard InChI is InChI=1S/C32H28ClN3O3S/c1-21-8-6-9-22(2)30(21)36-29(37)20-40-27-13-7-12-26(19-27)34-32(39)28(18-23-14-16-25(33)17-15-23)35-31(38)24-10-4-3-5-11-24/h3-19H,20H2,1-2H3,(H,34,39)(H,35,38)(H,36,37)/b28-18+. The Morgan fingerprint density at radius 1 is 0.800 bits per heavy atom. The first-order valence-electron chi connectivity index (χ1n) is 12.5. The number of rotatable bonds is 9. The summed E-state index contributed by atoms with van der Waals surface area (Å²) in [6.07, 6.45) is 1.59. The van der Waals surface area contributed by atoms with Crippen molar-refractivity contribution < 1.29 is 14.4 Å². The first kappa shape index (κ1) is 28.7. The minimum Gasteiger partial charge on any atom is -0.325 e. The number of thioether (sulfide) groups is 1. The maximum absolute atomic E-state index is 13.3. The number of anilines is 2. The van der Waals surface area contributed by atoms with E-state index in [0.717, 1.165) is 21.7 Å². The van der Waals surface area contributed by atoms with Gasteiger partial charge in [-0.25, -0.2) is 0 Å². The van der Waals surface area contributed by atoms with Crippen LogP contribution < -0.4 is 16.0 Å². The Morgan fingerprint density at radius 3 is 2.17 bits per heavy atom. The fraction of sp³-hybridized carbons (Fsp3) is 0.0938. The summed E-state index contributed by atoms with van der Waals surface area (Å²) in [4.78, 5) is 39.6. The summed E-state index contributed by atoms with van der Waals surface area (Å²) in [5, 5.41) is 9.12. The van der Waals surface area contributed by atoms with Crippen molar-refractivity contribution in [2.75, 3.05) is 16.4 Å². The Balaban J connectivity index is 1.45. The lowest BCUT2D eigenvalue weighted by Crippen LogP contribution is -2.30. The molecule has 0 heterocycles. The largest absolute Gasteiger partial charge is 0.325 e. The molecule has 0 aliphatic carbocycles. The third kappa shape index (κ3) is 8.09. The van der Waals surface area contributed by atoms with Crippen molar-refractivity contribution in [3.8, 4) is 0 Å². The van der Waals surface area contributed by atoms with Gasteiger partial charge in [-0.3, -0.25) is 14.4 Å². The van der Waals surface area contributed by atoms with Gasteiger partial charge in [0.25, 0.3) is 11.8 Å². The van der Waals surface area contributed by atoms with E-state index in [2.05, 4.69) is 16.0 Å². The van der Waals surface area contributed by atoms with Crippen molar-refractivity contribution in [2.24, 2.45) is 0 Å². The van der Waals surface area contributed by atoms with Crippen LogP contribution >= 0.6 is 23.4 Å². The number of amides is 3. The van der Waals surface area contributed by atoms with E-state index in [0.29, 0.717) is 21.8 Å². The van der Waals surface area contributed by atoms with Crippen LogP contribution in [0.25, 0.3) is 6.08 Å². The minimum absolute atomic E-state index is 0.0715. The Hall–Kier alpha value is -4.33. The van der Waals surface area contributed by atoms with Crippen molar-refractivity contribution >= 4 is 58.5 Å². The molecule has 40 heavy (non-hydrogen) atoms. The highest BCUT2D eigenvalue weighted by atomic mass is 35.5. The molecule has 0 saturated carbocycles. The molecule has 8 heteroatoms. The highest BCUT2D eigenvalue weighted by molar-refractivity contribution is 8.00. The molecule has 0 bridgehead atoms. The van der Waals surface area contributed by atoms with Crippen LogP contribution in [0.15, 0.2) is 108 Å². The van der Waals surface area contributed by atoms with E-state index in [9.17, 15) is 14.4 Å². The summed E-state index contributed by atoms with van der Waals surface area (Å²) in [5.41, 5.74) is 4.56. The highest BCUT2D eigenvalue weighted by Gasteiger charge is 2.16. The van der Waals surface area contributed by atoms with Crippen LogP contribution in [0.5, 0.6) is 0 Å². The molecule has 6 nitrogen and oxygen atoms in total. The Morgan fingerprint density at radius 2 is 1.48 bits per heavy atom. The number of benzene rings is 4. The Labute approximate surface area is 242 Å². The first-order valence-corrected chi connectivity index (χ1v) is 13.9. The summed E-state index contributed by atoms with van der Waals surface area (Å²) >= 11 is 7.36. The number of halogens is 1. The normalized spacial score (nSPS) is 11.0. The number of hydrogen-bond donors (Lipinski definition) is 3. The lowest BCUT2D eigenvalue weighted by Gasteiger charge is -2.13. The predicted molar refractivity (Wildman–Crippen MR) is 164 cm³/mol. The quantitative estimate of drug-likeness (QED) is 0.148. The molecule has 0 atom stereocenters. The summed E-state index contributed by atoms with van der Waals surface area (Å²) < 4.78 is 0. The maximum Gasteiger partial charge on any atom is 0.272 e. The van der Waals surface area contributed by atoms with Gasteiger partial charge in [0.15, 0.2) is 0 Å². The number of hydrogen-bond acceptors (Lipinski definition) is 4. The molecule has 0 aromatic heterocycles. The van der Waals surface area contributed by atoms with Gasteiger partial charge in [-0.1, -0.05) is 66.2 Å². The number of carbonyl (C=O) groups is 3. The van der Waals surface area contributed by atoms with E-state index >= 15 is 0 Å². The molecule has 3 amide bonds. The molecule has 0 aliphatic rings. The van der Waals surface area contributed by atoms with Crippen LogP contribution in [0, 0.1) is 13.8 Å². The smallest absolute Gasteiger partial charge is 0.272 e. The van der Waals surface area contributed by atoms with Crippen molar-refractivity contribution in [3.63, 3.8) is 0 Å². The molecule has 0 saturated heterocycles. The zero-order valence-electron chi connectivity index (χ0n) is 22.0. The number of carbonyl (C=O) groups excluding carboxylic acids is 3. The van der Waals surface area contributed by atoms with E-state index in [1.165, 1.54) is 11.8 Å². The SMILES string of the molecule is Cc1cccc(C)c1NC(=O)CSc1cccc(NC(=O)/C(=C\c2ccc(Cl)cc2)NC(=O)c2ccccc2)c1. The van der Waals surface area contributed by atoms with Crippen LogP contribution in [0.1, 0.15) is 27.0 Å². The zero-order valence-corrected chi connectivity index (χ0v) is 23.6. The van der Waals surface area contributed by atoms with Crippen LogP contribution in [-0.4, -0.2) is 23.5 Å². The van der Waals surface area contributed by atoms with Crippen molar-refractivity contribution in [3.05, 3.63) is 130 Å². The van der Waals surface area contributed by atoms with Gasteiger partial charge in [-0.2, -0.15) is 0 Å². The van der Waals surface area contributed by atoms with Gasteiger partial charge in [0.2, 0.25) is 5.91 Å². The zero-order chi connectivity index (χ0) is 28.5. The Kier molecular flexibility index (Phi) is 9.78. The van der Waals surface area contributed by atoms with Gasteiger partial charge < -0.3 is 16.0 Å². The molecule has 4 aromatic carbocycles. The van der Waals surface area contributed by atoms with Gasteiger partial charge in [0, 0.05) is 26.9 Å². The molecule has 0 radical (unpaired) electrons. The lowest BCUT2D eigenvalue weighted by atomic mass is 10.1. The average Bonchev–Trinajstić information content (AvgIpc) is 2.95. The third-order valence-corrected chi connectivity index (χ3v) is 7.16. The van der Waals surface area contributed by atoms with E-state index in [1.54, 1.807) is 72.8 Å². The average molecular weight is 570 g/mol. The van der Waals surface area contributed by atoms with Gasteiger partial charge >= 0.3 is 0 Å². The van der Waals surface area contributed by atoms with E-state index in [-0.39, 0.29) is 17.4 Å². The van der Waals surface area contributed by atoms with Gasteiger partial charge in [0.05, 0.1) is 5.75 Å². The molecule has 202 valence electrons. The molecule has 4 aromatic rings. The fourth-order valence-electron chi connectivity index (χ4n) is 3.87. The van der Waals surface area contributed by atoms with E-state index < -0.39 is 11.8 Å². The second kappa shape index (κ2) is 13.6. The predicted octanol–water partition coefficient (Wildman–Crippen LogP) is 7.10. The number of aryl methyl sites for hydroxylation is 2. The topological polar surface area (TPSA) is 87.3 Å².